The number of furan rings is 1. The fraction of sp³-hybridized carbons (Fsp3) is 0.316. The third-order valence-electron chi connectivity index (χ3n) is 4.74. The summed E-state index contributed by atoms with van der Waals surface area (Å²) in [7, 11) is 0. The minimum Gasteiger partial charge on any atom is -0.460 e. The van der Waals surface area contributed by atoms with E-state index in [0.717, 1.165) is 16.9 Å². The zero-order chi connectivity index (χ0) is 17.1. The van der Waals surface area contributed by atoms with Crippen molar-refractivity contribution in [2.75, 3.05) is 0 Å². The number of carbonyl (C=O) groups is 1. The molecule has 0 atom stereocenters. The summed E-state index contributed by atoms with van der Waals surface area (Å²) in [6.07, 6.45) is 0. The highest BCUT2D eigenvalue weighted by atomic mass is 19.1. The second-order valence-corrected chi connectivity index (χ2v) is 7.02. The predicted octanol–water partition coefficient (Wildman–Crippen LogP) is 4.12. The topological polar surface area (TPSA) is 38.4 Å². The number of amides is 1. The van der Waals surface area contributed by atoms with Gasteiger partial charge in [0.2, 0.25) is 0 Å². The van der Waals surface area contributed by atoms with E-state index in [1.165, 1.54) is 6.07 Å². The normalized spacial score (nSPS) is 16.7. The number of carbonyl (C=O) groups excluding carboxylic acids is 1. The van der Waals surface area contributed by atoms with Crippen LogP contribution in [-0.4, -0.2) is 20.9 Å². The van der Waals surface area contributed by atoms with Crippen LogP contribution < -0.4 is 0 Å². The standard InChI is InChI=1S/C19H19FN2O2/c1-12-8-15-17(24-12)9-16-18(23)22(19(2,3)11-21(15)16)10-13-6-4-5-7-14(13)20/h4-9H,10-11H2,1-3H3. The molecule has 1 aliphatic heterocycles. The van der Waals surface area contributed by atoms with Crippen molar-refractivity contribution >= 4 is 17.0 Å². The van der Waals surface area contributed by atoms with Gasteiger partial charge >= 0.3 is 0 Å². The molecule has 0 spiro atoms. The molecule has 1 aliphatic rings. The lowest BCUT2D eigenvalue weighted by molar-refractivity contribution is 0.0390. The Morgan fingerprint density at radius 2 is 2.00 bits per heavy atom. The van der Waals surface area contributed by atoms with Gasteiger partial charge in [-0.25, -0.2) is 4.39 Å². The molecule has 3 aromatic rings. The Morgan fingerprint density at radius 3 is 2.75 bits per heavy atom. The van der Waals surface area contributed by atoms with Gasteiger partial charge in [0.1, 0.15) is 17.3 Å². The van der Waals surface area contributed by atoms with Gasteiger partial charge in [0, 0.05) is 30.8 Å². The van der Waals surface area contributed by atoms with E-state index in [1.54, 1.807) is 29.2 Å². The smallest absolute Gasteiger partial charge is 0.271 e. The van der Waals surface area contributed by atoms with Crippen LogP contribution in [0.15, 0.2) is 40.8 Å². The second kappa shape index (κ2) is 4.97. The van der Waals surface area contributed by atoms with E-state index in [1.807, 2.05) is 31.4 Å². The van der Waals surface area contributed by atoms with E-state index in [0.29, 0.717) is 17.8 Å². The average molecular weight is 326 g/mol. The number of aromatic nitrogens is 1. The Labute approximate surface area is 139 Å². The summed E-state index contributed by atoms with van der Waals surface area (Å²) in [5.74, 6) is 0.444. The van der Waals surface area contributed by atoms with E-state index in [4.69, 9.17) is 4.42 Å². The minimum absolute atomic E-state index is 0.0986. The van der Waals surface area contributed by atoms with Crippen molar-refractivity contribution in [1.29, 1.82) is 0 Å². The average Bonchev–Trinajstić information content (AvgIpc) is 3.02. The van der Waals surface area contributed by atoms with E-state index in [9.17, 15) is 9.18 Å². The summed E-state index contributed by atoms with van der Waals surface area (Å²) in [6, 6.07) is 10.3. The van der Waals surface area contributed by atoms with Crippen molar-refractivity contribution in [2.45, 2.75) is 39.4 Å². The van der Waals surface area contributed by atoms with Crippen LogP contribution in [0.25, 0.3) is 11.1 Å². The lowest BCUT2D eigenvalue weighted by Crippen LogP contribution is -2.54. The first kappa shape index (κ1) is 15.0. The molecule has 0 saturated heterocycles. The minimum atomic E-state index is -0.427. The van der Waals surface area contributed by atoms with Gasteiger partial charge in [-0.1, -0.05) is 18.2 Å². The van der Waals surface area contributed by atoms with Crippen LogP contribution >= 0.6 is 0 Å². The fourth-order valence-corrected chi connectivity index (χ4v) is 3.48. The maximum absolute atomic E-state index is 14.0. The SMILES string of the molecule is Cc1cc2c(cc3n2CC(C)(C)N(Cc2ccccc2F)C3=O)o1. The van der Waals surface area contributed by atoms with Gasteiger partial charge in [-0.15, -0.1) is 0 Å². The third-order valence-corrected chi connectivity index (χ3v) is 4.74. The van der Waals surface area contributed by atoms with E-state index < -0.39 is 5.54 Å². The monoisotopic (exact) mass is 326 g/mol. The summed E-state index contributed by atoms with van der Waals surface area (Å²) in [6.45, 7) is 6.81. The number of halogens is 1. The van der Waals surface area contributed by atoms with Gasteiger partial charge in [-0.3, -0.25) is 4.79 Å². The first-order valence-electron chi connectivity index (χ1n) is 8.02. The van der Waals surface area contributed by atoms with Crippen molar-refractivity contribution in [3.05, 3.63) is 59.2 Å². The maximum atomic E-state index is 14.0. The van der Waals surface area contributed by atoms with Gasteiger partial charge in [-0.2, -0.15) is 0 Å². The quantitative estimate of drug-likeness (QED) is 0.710. The summed E-state index contributed by atoms with van der Waals surface area (Å²) in [5, 5.41) is 0. The van der Waals surface area contributed by atoms with Crippen LogP contribution in [0.4, 0.5) is 4.39 Å². The molecule has 4 nitrogen and oxygen atoms in total. The van der Waals surface area contributed by atoms with Crippen molar-refractivity contribution in [3.63, 3.8) is 0 Å². The number of hydrogen-bond acceptors (Lipinski definition) is 2. The van der Waals surface area contributed by atoms with E-state index in [2.05, 4.69) is 0 Å². The molecule has 5 heteroatoms. The van der Waals surface area contributed by atoms with Gasteiger partial charge in [0.15, 0.2) is 5.58 Å². The zero-order valence-corrected chi connectivity index (χ0v) is 14.0. The molecule has 0 saturated carbocycles. The number of rotatable bonds is 2. The lowest BCUT2D eigenvalue weighted by Gasteiger charge is -2.43. The molecule has 0 N–H and O–H groups in total. The van der Waals surface area contributed by atoms with Crippen molar-refractivity contribution in [3.8, 4) is 0 Å². The molecule has 0 aliphatic carbocycles. The maximum Gasteiger partial charge on any atom is 0.271 e. The van der Waals surface area contributed by atoms with Crippen LogP contribution in [0.5, 0.6) is 0 Å². The van der Waals surface area contributed by atoms with Crippen molar-refractivity contribution < 1.29 is 13.6 Å². The molecule has 124 valence electrons. The Hall–Kier alpha value is -2.56. The van der Waals surface area contributed by atoms with Gasteiger partial charge in [-0.05, 0) is 26.8 Å². The molecule has 1 aromatic carbocycles. The Morgan fingerprint density at radius 1 is 1.25 bits per heavy atom. The Bertz CT molecular complexity index is 952. The zero-order valence-electron chi connectivity index (χ0n) is 14.0. The second-order valence-electron chi connectivity index (χ2n) is 7.02. The van der Waals surface area contributed by atoms with Crippen LogP contribution in [-0.2, 0) is 13.1 Å². The molecule has 0 radical (unpaired) electrons. The number of fused-ring (bicyclic) bond motifs is 3. The molecule has 4 rings (SSSR count). The molecule has 3 heterocycles. The lowest BCUT2D eigenvalue weighted by atomic mass is 9.97. The molecule has 0 fully saturated rings. The molecular weight excluding hydrogens is 307 g/mol. The van der Waals surface area contributed by atoms with Crippen molar-refractivity contribution in [2.24, 2.45) is 0 Å². The van der Waals surface area contributed by atoms with Gasteiger partial charge in [0.25, 0.3) is 5.91 Å². The highest BCUT2D eigenvalue weighted by Crippen LogP contribution is 2.34. The van der Waals surface area contributed by atoms with E-state index >= 15 is 0 Å². The summed E-state index contributed by atoms with van der Waals surface area (Å²) >= 11 is 0. The summed E-state index contributed by atoms with van der Waals surface area (Å²) in [5.41, 5.74) is 2.36. The number of benzene rings is 1. The largest absolute Gasteiger partial charge is 0.460 e. The highest BCUT2D eigenvalue weighted by molar-refractivity contribution is 5.99. The molecule has 0 unspecified atom stereocenters. The molecular formula is C19H19FN2O2. The number of aryl methyl sites for hydroxylation is 1. The Balaban J connectivity index is 1.78. The first-order valence-corrected chi connectivity index (χ1v) is 8.02. The van der Waals surface area contributed by atoms with Crippen LogP contribution in [0.1, 0.15) is 35.7 Å². The summed E-state index contributed by atoms with van der Waals surface area (Å²) in [4.78, 5) is 14.8. The summed E-state index contributed by atoms with van der Waals surface area (Å²) < 4.78 is 21.7. The van der Waals surface area contributed by atoms with Crippen molar-refractivity contribution in [1.82, 2.24) is 9.47 Å². The highest BCUT2D eigenvalue weighted by Gasteiger charge is 2.39. The Kier molecular flexibility index (Phi) is 3.10. The van der Waals surface area contributed by atoms with Gasteiger partial charge in [0.05, 0.1) is 11.1 Å². The molecule has 2 aromatic heterocycles. The third kappa shape index (κ3) is 2.15. The first-order chi connectivity index (χ1) is 11.4. The molecule has 0 bridgehead atoms. The van der Waals surface area contributed by atoms with Crippen LogP contribution in [0.2, 0.25) is 0 Å². The number of nitrogens with zero attached hydrogens (tertiary/aromatic N) is 2. The van der Waals surface area contributed by atoms with Crippen LogP contribution in [0, 0.1) is 12.7 Å². The van der Waals surface area contributed by atoms with Gasteiger partial charge < -0.3 is 13.9 Å². The number of hydrogen-bond donors (Lipinski definition) is 0. The van der Waals surface area contributed by atoms with E-state index in [-0.39, 0.29) is 18.3 Å². The molecule has 24 heavy (non-hydrogen) atoms. The van der Waals surface area contributed by atoms with Crippen LogP contribution in [0.3, 0.4) is 0 Å². The fourth-order valence-electron chi connectivity index (χ4n) is 3.48. The molecule has 1 amide bonds. The predicted molar refractivity (Wildman–Crippen MR) is 89.3 cm³/mol.